The quantitative estimate of drug-likeness (QED) is 0.373. The molecule has 0 N–H and O–H groups in total. The van der Waals surface area contributed by atoms with E-state index < -0.39 is 7.82 Å². The molecule has 0 saturated heterocycles. The van der Waals surface area contributed by atoms with Crippen molar-refractivity contribution < 1.29 is 18.1 Å². The molecular weight excluding hydrogens is 287 g/mol. The van der Waals surface area contributed by atoms with E-state index in [1.807, 2.05) is 25.1 Å². The second kappa shape index (κ2) is 10.8. The van der Waals surface area contributed by atoms with Crippen LogP contribution in [0.3, 0.4) is 0 Å². The Hall–Kier alpha value is -0.830. The minimum atomic E-state index is -3.51. The van der Waals surface area contributed by atoms with E-state index in [9.17, 15) is 4.57 Å². The molecule has 0 saturated carbocycles. The van der Waals surface area contributed by atoms with E-state index in [0.29, 0.717) is 19.0 Å². The minimum absolute atomic E-state index is 0.361. The van der Waals surface area contributed by atoms with Gasteiger partial charge in [-0.1, -0.05) is 57.7 Å². The third kappa shape index (κ3) is 8.25. The molecule has 1 aromatic carbocycles. The first kappa shape index (κ1) is 18.2. The zero-order valence-electron chi connectivity index (χ0n) is 13.1. The summed E-state index contributed by atoms with van der Waals surface area (Å²) in [5.41, 5.74) is 0. The molecule has 0 heterocycles. The molecule has 0 radical (unpaired) electrons. The summed E-state index contributed by atoms with van der Waals surface area (Å²) in [6.45, 7) is 4.89. The van der Waals surface area contributed by atoms with Crippen LogP contribution in [0.2, 0.25) is 0 Å². The first-order chi connectivity index (χ1) is 10.2. The van der Waals surface area contributed by atoms with Crippen LogP contribution in [0.4, 0.5) is 0 Å². The predicted molar refractivity (Wildman–Crippen MR) is 85.6 cm³/mol. The van der Waals surface area contributed by atoms with E-state index in [4.69, 9.17) is 13.6 Å². The van der Waals surface area contributed by atoms with Gasteiger partial charge >= 0.3 is 7.82 Å². The van der Waals surface area contributed by atoms with E-state index in [-0.39, 0.29) is 0 Å². The summed E-state index contributed by atoms with van der Waals surface area (Å²) >= 11 is 0. The van der Waals surface area contributed by atoms with Crippen molar-refractivity contribution in [3.05, 3.63) is 30.3 Å². The smallest absolute Gasteiger partial charge is 0.404 e. The molecule has 0 spiro atoms. The van der Waals surface area contributed by atoms with E-state index >= 15 is 0 Å². The number of benzene rings is 1. The van der Waals surface area contributed by atoms with Crippen LogP contribution in [0, 0.1) is 0 Å². The Labute approximate surface area is 128 Å². The number of phosphoric acid groups is 1. The SMILES string of the molecule is CCCCCCCOP(=O)(OCCC)Oc1ccccc1. The Morgan fingerprint density at radius 1 is 0.857 bits per heavy atom. The highest BCUT2D eigenvalue weighted by atomic mass is 31.2. The van der Waals surface area contributed by atoms with E-state index in [1.54, 1.807) is 12.1 Å². The van der Waals surface area contributed by atoms with E-state index in [2.05, 4.69) is 6.92 Å². The molecule has 5 heteroatoms. The highest BCUT2D eigenvalue weighted by Crippen LogP contribution is 2.49. The summed E-state index contributed by atoms with van der Waals surface area (Å²) < 4.78 is 28.8. The third-order valence-electron chi connectivity index (χ3n) is 2.91. The third-order valence-corrected chi connectivity index (χ3v) is 4.34. The largest absolute Gasteiger partial charge is 0.530 e. The number of hydrogen-bond acceptors (Lipinski definition) is 4. The Morgan fingerprint density at radius 3 is 2.19 bits per heavy atom. The molecule has 1 aromatic rings. The van der Waals surface area contributed by atoms with Gasteiger partial charge in [-0.05, 0) is 25.0 Å². The summed E-state index contributed by atoms with van der Waals surface area (Å²) in [6.07, 6.45) is 6.33. The lowest BCUT2D eigenvalue weighted by molar-refractivity contribution is 0.153. The van der Waals surface area contributed by atoms with Gasteiger partial charge < -0.3 is 4.52 Å². The number of hydrogen-bond donors (Lipinski definition) is 0. The van der Waals surface area contributed by atoms with Gasteiger partial charge in [-0.3, -0.25) is 9.05 Å². The average Bonchev–Trinajstić information content (AvgIpc) is 2.50. The lowest BCUT2D eigenvalue weighted by atomic mass is 10.2. The van der Waals surface area contributed by atoms with E-state index in [0.717, 1.165) is 19.3 Å². The maximum Gasteiger partial charge on any atom is 0.530 e. The van der Waals surface area contributed by atoms with Crippen molar-refractivity contribution >= 4 is 7.82 Å². The molecule has 0 aromatic heterocycles. The van der Waals surface area contributed by atoms with Crippen molar-refractivity contribution in [2.24, 2.45) is 0 Å². The van der Waals surface area contributed by atoms with Crippen LogP contribution < -0.4 is 4.52 Å². The zero-order valence-corrected chi connectivity index (χ0v) is 14.0. The Kier molecular flexibility index (Phi) is 9.40. The van der Waals surface area contributed by atoms with Crippen LogP contribution in [-0.2, 0) is 13.6 Å². The first-order valence-electron chi connectivity index (χ1n) is 7.84. The molecule has 21 heavy (non-hydrogen) atoms. The number of rotatable bonds is 12. The summed E-state index contributed by atoms with van der Waals surface area (Å²) in [7, 11) is -3.51. The summed E-state index contributed by atoms with van der Waals surface area (Å²) in [6, 6.07) is 9.01. The Bertz CT molecular complexity index is 408. The molecule has 1 rings (SSSR count). The van der Waals surface area contributed by atoms with E-state index in [1.165, 1.54) is 19.3 Å². The minimum Gasteiger partial charge on any atom is -0.404 e. The van der Waals surface area contributed by atoms with Gasteiger partial charge in [0.25, 0.3) is 0 Å². The van der Waals surface area contributed by atoms with Crippen LogP contribution >= 0.6 is 7.82 Å². The van der Waals surface area contributed by atoms with Crippen molar-refractivity contribution in [1.29, 1.82) is 0 Å². The first-order valence-corrected chi connectivity index (χ1v) is 9.30. The fraction of sp³-hybridized carbons (Fsp3) is 0.625. The van der Waals surface area contributed by atoms with Crippen molar-refractivity contribution in [3.63, 3.8) is 0 Å². The molecule has 0 aliphatic carbocycles. The van der Waals surface area contributed by atoms with Crippen LogP contribution in [0.1, 0.15) is 52.4 Å². The second-order valence-electron chi connectivity index (χ2n) is 4.93. The lowest BCUT2D eigenvalue weighted by Crippen LogP contribution is -2.04. The lowest BCUT2D eigenvalue weighted by Gasteiger charge is -2.18. The maximum absolute atomic E-state index is 12.6. The zero-order chi connectivity index (χ0) is 15.4. The van der Waals surface area contributed by atoms with Crippen molar-refractivity contribution in [2.75, 3.05) is 13.2 Å². The summed E-state index contributed by atoms with van der Waals surface area (Å²) in [4.78, 5) is 0. The van der Waals surface area contributed by atoms with Crippen LogP contribution in [-0.4, -0.2) is 13.2 Å². The van der Waals surface area contributed by atoms with Crippen molar-refractivity contribution in [3.8, 4) is 5.75 Å². The van der Waals surface area contributed by atoms with Crippen LogP contribution in [0.15, 0.2) is 30.3 Å². The molecule has 4 nitrogen and oxygen atoms in total. The number of para-hydroxylation sites is 1. The fourth-order valence-electron chi connectivity index (χ4n) is 1.79. The summed E-state index contributed by atoms with van der Waals surface area (Å²) in [5, 5.41) is 0. The topological polar surface area (TPSA) is 44.8 Å². The maximum atomic E-state index is 12.6. The highest BCUT2D eigenvalue weighted by molar-refractivity contribution is 7.48. The molecule has 0 aliphatic rings. The summed E-state index contributed by atoms with van der Waals surface area (Å²) in [5.74, 6) is 0.503. The molecule has 0 amide bonds. The molecule has 0 aliphatic heterocycles. The van der Waals surface area contributed by atoms with Gasteiger partial charge in [-0.2, -0.15) is 0 Å². The van der Waals surface area contributed by atoms with Gasteiger partial charge in [0.05, 0.1) is 13.2 Å². The second-order valence-corrected chi connectivity index (χ2v) is 6.53. The molecular formula is C16H27O4P. The van der Waals surface area contributed by atoms with Gasteiger partial charge in [0.2, 0.25) is 0 Å². The van der Waals surface area contributed by atoms with Crippen LogP contribution in [0.5, 0.6) is 5.75 Å². The van der Waals surface area contributed by atoms with Gasteiger partial charge in [0.15, 0.2) is 0 Å². The number of unbranched alkanes of at least 4 members (excludes halogenated alkanes) is 4. The van der Waals surface area contributed by atoms with Gasteiger partial charge in [-0.15, -0.1) is 0 Å². The molecule has 1 unspecified atom stereocenters. The van der Waals surface area contributed by atoms with Crippen molar-refractivity contribution in [2.45, 2.75) is 52.4 Å². The van der Waals surface area contributed by atoms with Crippen LogP contribution in [0.25, 0.3) is 0 Å². The highest BCUT2D eigenvalue weighted by Gasteiger charge is 2.28. The molecule has 0 bridgehead atoms. The number of phosphoric ester groups is 1. The predicted octanol–water partition coefficient (Wildman–Crippen LogP) is 5.59. The average molecular weight is 314 g/mol. The van der Waals surface area contributed by atoms with Gasteiger partial charge in [0, 0.05) is 0 Å². The van der Waals surface area contributed by atoms with Crippen molar-refractivity contribution in [1.82, 2.24) is 0 Å². The standard InChI is InChI=1S/C16H27O4P/c1-3-5-6-7-11-15-19-21(17,18-14-4-2)20-16-12-9-8-10-13-16/h8-10,12-13H,3-7,11,14-15H2,1-2H3. The Morgan fingerprint density at radius 2 is 1.52 bits per heavy atom. The monoisotopic (exact) mass is 314 g/mol. The Balaban J connectivity index is 2.43. The molecule has 1 atom stereocenters. The molecule has 120 valence electrons. The van der Waals surface area contributed by atoms with Gasteiger partial charge in [-0.25, -0.2) is 4.57 Å². The molecule has 0 fully saturated rings. The van der Waals surface area contributed by atoms with Gasteiger partial charge in [0.1, 0.15) is 5.75 Å². The normalized spacial score (nSPS) is 13.8. The fourth-order valence-corrected chi connectivity index (χ4v) is 3.10.